The lowest BCUT2D eigenvalue weighted by molar-refractivity contribution is 0.719. The fraction of sp³-hybridized carbons (Fsp3) is 0.667. The molecule has 28 valence electrons. The van der Waals surface area contributed by atoms with E-state index in [1.807, 2.05) is 0 Å². The summed E-state index contributed by atoms with van der Waals surface area (Å²) in [6.45, 7) is 3.89. The maximum absolute atomic E-state index is 2.86. The van der Waals surface area contributed by atoms with Gasteiger partial charge in [0.2, 0.25) is 0 Å². The molecule has 2 N–H and O–H groups in total. The molecule has 1 aliphatic heterocycles. The first-order valence-electron chi connectivity index (χ1n) is 1.71. The second kappa shape index (κ2) is 1.38. The third kappa shape index (κ3) is 0.597. The highest BCUT2D eigenvalue weighted by Gasteiger charge is 1.93. The van der Waals surface area contributed by atoms with Crippen LogP contribution in [0.2, 0.25) is 0 Å². The summed E-state index contributed by atoms with van der Waals surface area (Å²) in [7, 11) is 0. The van der Waals surface area contributed by atoms with Crippen molar-refractivity contribution in [2.24, 2.45) is 0 Å². The first-order valence-corrected chi connectivity index (χ1v) is 1.71. The third-order valence-corrected chi connectivity index (χ3v) is 0.552. The van der Waals surface area contributed by atoms with Gasteiger partial charge in [0.1, 0.15) is 0 Å². The Labute approximate surface area is 31.5 Å². The van der Waals surface area contributed by atoms with Crippen molar-refractivity contribution in [3.63, 3.8) is 0 Å². The molecule has 0 aliphatic carbocycles. The predicted molar refractivity (Wildman–Crippen MR) is 19.0 cm³/mol. The Bertz CT molecular complexity index is 16.5. The second-order valence-corrected chi connectivity index (χ2v) is 0.979. The van der Waals surface area contributed by atoms with Crippen LogP contribution in [-0.2, 0) is 0 Å². The molecule has 0 saturated carbocycles. The molecular formula is C3H6N2. The summed E-state index contributed by atoms with van der Waals surface area (Å²) in [5.74, 6) is 0. The summed E-state index contributed by atoms with van der Waals surface area (Å²) in [5.41, 5.74) is 5.58. The molecule has 0 unspecified atom stereocenters. The molecule has 1 saturated heterocycles. The number of hydrazine groups is 1. The molecule has 0 amide bonds. The van der Waals surface area contributed by atoms with Crippen LogP contribution >= 0.6 is 0 Å². The van der Waals surface area contributed by atoms with Gasteiger partial charge in [0.15, 0.2) is 0 Å². The Hall–Kier alpha value is -0.0800. The van der Waals surface area contributed by atoms with E-state index in [9.17, 15) is 0 Å². The van der Waals surface area contributed by atoms with Gasteiger partial charge < -0.3 is 0 Å². The van der Waals surface area contributed by atoms with Gasteiger partial charge >= 0.3 is 0 Å². The molecule has 2 radical (unpaired) electrons. The van der Waals surface area contributed by atoms with Crippen molar-refractivity contribution in [3.05, 3.63) is 6.54 Å². The van der Waals surface area contributed by atoms with Crippen LogP contribution in [0.15, 0.2) is 0 Å². The molecule has 0 bridgehead atoms. The van der Waals surface area contributed by atoms with Gasteiger partial charge in [0.25, 0.3) is 0 Å². The predicted octanol–water partition coefficient (Wildman–Crippen LogP) is -0.477. The molecule has 1 rings (SSSR count). The standard InChI is InChI=1S/C3H6N2/c1-2-4-5-3-1/h4-5H,1-2H2. The van der Waals surface area contributed by atoms with E-state index < -0.39 is 0 Å². The second-order valence-electron chi connectivity index (χ2n) is 0.979. The van der Waals surface area contributed by atoms with Gasteiger partial charge in [-0.2, -0.15) is 0 Å². The van der Waals surface area contributed by atoms with Gasteiger partial charge in [-0.25, -0.2) is 5.43 Å². The summed E-state index contributed by atoms with van der Waals surface area (Å²) >= 11 is 0. The highest BCUT2D eigenvalue weighted by Crippen LogP contribution is 1.81. The zero-order valence-corrected chi connectivity index (χ0v) is 2.91. The van der Waals surface area contributed by atoms with Crippen LogP contribution in [0.4, 0.5) is 0 Å². The van der Waals surface area contributed by atoms with Crippen LogP contribution in [0.25, 0.3) is 0 Å². The SMILES string of the molecule is [C]1CCNN1. The van der Waals surface area contributed by atoms with E-state index in [4.69, 9.17) is 0 Å². The largest absolute Gasteiger partial charge is 0.257 e. The maximum Gasteiger partial charge on any atom is 0.0764 e. The Morgan fingerprint density at radius 3 is 2.80 bits per heavy atom. The van der Waals surface area contributed by atoms with Crippen LogP contribution in [0.3, 0.4) is 0 Å². The minimum Gasteiger partial charge on any atom is -0.257 e. The van der Waals surface area contributed by atoms with E-state index in [0.717, 1.165) is 13.0 Å². The van der Waals surface area contributed by atoms with Gasteiger partial charge in [-0.15, -0.1) is 0 Å². The van der Waals surface area contributed by atoms with E-state index in [2.05, 4.69) is 17.4 Å². The number of rotatable bonds is 0. The van der Waals surface area contributed by atoms with Crippen molar-refractivity contribution < 1.29 is 0 Å². The Morgan fingerprint density at radius 2 is 2.60 bits per heavy atom. The van der Waals surface area contributed by atoms with Crippen molar-refractivity contribution in [2.45, 2.75) is 6.42 Å². The Morgan fingerprint density at radius 1 is 1.60 bits per heavy atom. The first-order chi connectivity index (χ1) is 2.50. The fourth-order valence-electron chi connectivity index (χ4n) is 0.312. The van der Waals surface area contributed by atoms with Crippen LogP contribution in [0.5, 0.6) is 0 Å². The van der Waals surface area contributed by atoms with Gasteiger partial charge in [0.05, 0.1) is 6.54 Å². The molecule has 1 heterocycles. The average Bonchev–Trinajstić information content (AvgIpc) is 1.76. The molecule has 5 heavy (non-hydrogen) atoms. The zero-order chi connectivity index (χ0) is 3.54. The molecule has 0 aromatic carbocycles. The van der Waals surface area contributed by atoms with E-state index in [1.54, 1.807) is 0 Å². The zero-order valence-electron chi connectivity index (χ0n) is 2.91. The lowest BCUT2D eigenvalue weighted by Crippen LogP contribution is -2.18. The number of hydrogen-bond donors (Lipinski definition) is 2. The summed E-state index contributed by atoms with van der Waals surface area (Å²) in [6, 6.07) is 0. The lowest BCUT2D eigenvalue weighted by Gasteiger charge is -1.80. The minimum atomic E-state index is 1.03. The summed E-state index contributed by atoms with van der Waals surface area (Å²) < 4.78 is 0. The Balaban J connectivity index is 2.08. The van der Waals surface area contributed by atoms with Crippen molar-refractivity contribution >= 4 is 0 Å². The Kier molecular flexibility index (Phi) is 0.862. The van der Waals surface area contributed by atoms with Gasteiger partial charge in [0, 0.05) is 6.54 Å². The summed E-state index contributed by atoms with van der Waals surface area (Å²) in [6.07, 6.45) is 1.03. The van der Waals surface area contributed by atoms with Crippen LogP contribution in [0.1, 0.15) is 6.42 Å². The van der Waals surface area contributed by atoms with E-state index >= 15 is 0 Å². The van der Waals surface area contributed by atoms with Crippen LogP contribution in [0, 0.1) is 6.54 Å². The van der Waals surface area contributed by atoms with Crippen molar-refractivity contribution in [1.29, 1.82) is 0 Å². The quantitative estimate of drug-likeness (QED) is 0.402. The topological polar surface area (TPSA) is 24.1 Å². The van der Waals surface area contributed by atoms with Gasteiger partial charge in [-0.05, 0) is 6.42 Å². The van der Waals surface area contributed by atoms with Crippen molar-refractivity contribution in [3.8, 4) is 0 Å². The summed E-state index contributed by atoms with van der Waals surface area (Å²) in [4.78, 5) is 0. The monoisotopic (exact) mass is 70.1 g/mol. The average molecular weight is 70.1 g/mol. The molecule has 0 atom stereocenters. The maximum atomic E-state index is 2.86. The van der Waals surface area contributed by atoms with E-state index in [-0.39, 0.29) is 0 Å². The highest BCUT2D eigenvalue weighted by molar-refractivity contribution is 4.65. The van der Waals surface area contributed by atoms with Gasteiger partial charge in [-0.1, -0.05) is 0 Å². The minimum absolute atomic E-state index is 1.03. The normalized spacial score (nSPS) is 24.0. The third-order valence-electron chi connectivity index (χ3n) is 0.552. The molecule has 2 heteroatoms. The van der Waals surface area contributed by atoms with Crippen molar-refractivity contribution in [1.82, 2.24) is 10.9 Å². The van der Waals surface area contributed by atoms with E-state index in [0.29, 0.717) is 0 Å². The van der Waals surface area contributed by atoms with Crippen LogP contribution in [-0.4, -0.2) is 6.54 Å². The van der Waals surface area contributed by atoms with E-state index in [1.165, 1.54) is 0 Å². The summed E-state index contributed by atoms with van der Waals surface area (Å²) in [5, 5.41) is 0. The fourth-order valence-corrected chi connectivity index (χ4v) is 0.312. The molecule has 0 aromatic rings. The number of nitrogens with one attached hydrogen (secondary N) is 2. The molecule has 0 spiro atoms. The van der Waals surface area contributed by atoms with Gasteiger partial charge in [-0.3, -0.25) is 5.43 Å². The molecule has 2 nitrogen and oxygen atoms in total. The first kappa shape index (κ1) is 3.12. The van der Waals surface area contributed by atoms with Crippen molar-refractivity contribution in [2.75, 3.05) is 6.54 Å². The van der Waals surface area contributed by atoms with Crippen LogP contribution < -0.4 is 10.9 Å². The molecular weight excluding hydrogens is 64.0 g/mol. The lowest BCUT2D eigenvalue weighted by atomic mass is 10.5. The molecule has 1 aliphatic rings. The smallest absolute Gasteiger partial charge is 0.0764 e. The highest BCUT2D eigenvalue weighted by atomic mass is 15.4. The molecule has 1 fully saturated rings. The number of hydrogen-bond acceptors (Lipinski definition) is 2. The molecule has 0 aromatic heterocycles.